The Morgan fingerprint density at radius 3 is 2.75 bits per heavy atom. The fourth-order valence-corrected chi connectivity index (χ4v) is 1.94. The second-order valence-corrected chi connectivity index (χ2v) is 3.97. The lowest BCUT2D eigenvalue weighted by atomic mass is 10.2. The molecule has 0 aromatic heterocycles. The molecule has 0 radical (unpaired) electrons. The van der Waals surface area contributed by atoms with Gasteiger partial charge in [0.2, 0.25) is 0 Å². The summed E-state index contributed by atoms with van der Waals surface area (Å²) in [6, 6.07) is 0.434. The maximum absolute atomic E-state index is 11.1. The van der Waals surface area contributed by atoms with E-state index in [2.05, 4.69) is 18.7 Å². The lowest BCUT2D eigenvalue weighted by Gasteiger charge is -2.26. The fourth-order valence-electron chi connectivity index (χ4n) is 1.48. The molecule has 0 unspecified atom stereocenters. The number of likely N-dealkylation sites (tertiary alicyclic amines) is 1. The van der Waals surface area contributed by atoms with Crippen LogP contribution in [0.4, 0.5) is 0 Å². The van der Waals surface area contributed by atoms with E-state index in [1.165, 1.54) is 0 Å². The third kappa shape index (κ3) is 2.27. The van der Waals surface area contributed by atoms with Gasteiger partial charge in [0.15, 0.2) is 0 Å². The van der Waals surface area contributed by atoms with E-state index in [0.717, 1.165) is 18.0 Å². The topological polar surface area (TPSA) is 20.3 Å². The molecular weight excluding hydrogens is 170 g/mol. The normalized spacial score (nSPS) is 20.1. The summed E-state index contributed by atoms with van der Waals surface area (Å²) in [5, 5.41) is 0. The quantitative estimate of drug-likeness (QED) is 0.581. The van der Waals surface area contributed by atoms with Gasteiger partial charge in [-0.15, -0.1) is 0 Å². The van der Waals surface area contributed by atoms with Crippen molar-refractivity contribution in [3.63, 3.8) is 0 Å². The molecule has 0 spiro atoms. The maximum atomic E-state index is 11.1. The van der Waals surface area contributed by atoms with Crippen molar-refractivity contribution >= 4 is 23.0 Å². The summed E-state index contributed by atoms with van der Waals surface area (Å²) in [5.41, 5.74) is 0. The van der Waals surface area contributed by atoms with Gasteiger partial charge in [-0.05, 0) is 20.3 Å². The van der Waals surface area contributed by atoms with E-state index < -0.39 is 0 Å². The zero-order valence-corrected chi connectivity index (χ0v) is 8.49. The van der Waals surface area contributed by atoms with Crippen LogP contribution in [0.5, 0.6) is 0 Å². The monoisotopic (exact) mass is 185 g/mol. The Labute approximate surface area is 78.9 Å². The van der Waals surface area contributed by atoms with Crippen molar-refractivity contribution in [3.05, 3.63) is 0 Å². The highest BCUT2D eigenvalue weighted by Crippen LogP contribution is 2.12. The number of rotatable bonds is 1. The zero-order chi connectivity index (χ0) is 9.14. The largest absolute Gasteiger partial charge is 0.363 e. The van der Waals surface area contributed by atoms with E-state index in [0.29, 0.717) is 24.7 Å². The first-order chi connectivity index (χ1) is 5.61. The van der Waals surface area contributed by atoms with Crippen LogP contribution in [0.3, 0.4) is 0 Å². The Hall–Kier alpha value is -0.440. The van der Waals surface area contributed by atoms with Gasteiger partial charge in [-0.3, -0.25) is 4.79 Å². The molecule has 0 aromatic carbocycles. The van der Waals surface area contributed by atoms with Crippen molar-refractivity contribution in [2.24, 2.45) is 0 Å². The molecule has 0 bridgehead atoms. The molecule has 68 valence electrons. The van der Waals surface area contributed by atoms with Crippen LogP contribution in [-0.4, -0.2) is 28.3 Å². The van der Waals surface area contributed by atoms with E-state index in [1.807, 2.05) is 0 Å². The van der Waals surface area contributed by atoms with E-state index in [-0.39, 0.29) is 0 Å². The molecule has 2 nitrogen and oxygen atoms in total. The van der Waals surface area contributed by atoms with Crippen molar-refractivity contribution < 1.29 is 4.79 Å². The van der Waals surface area contributed by atoms with Gasteiger partial charge in [0.1, 0.15) is 5.78 Å². The predicted octanol–water partition coefficient (Wildman–Crippen LogP) is 1.78. The average Bonchev–Trinajstić information content (AvgIpc) is 2.10. The second-order valence-electron chi connectivity index (χ2n) is 3.50. The van der Waals surface area contributed by atoms with E-state index >= 15 is 0 Å². The van der Waals surface area contributed by atoms with Crippen molar-refractivity contribution in [2.75, 3.05) is 6.54 Å². The minimum Gasteiger partial charge on any atom is -0.363 e. The average molecular weight is 185 g/mol. The van der Waals surface area contributed by atoms with Crippen LogP contribution < -0.4 is 0 Å². The van der Waals surface area contributed by atoms with Crippen LogP contribution in [0, 0.1) is 0 Å². The van der Waals surface area contributed by atoms with Crippen LogP contribution in [0.2, 0.25) is 0 Å². The Morgan fingerprint density at radius 1 is 1.50 bits per heavy atom. The molecule has 0 amide bonds. The van der Waals surface area contributed by atoms with Crippen LogP contribution in [0.25, 0.3) is 0 Å². The number of carbonyl (C=O) groups excluding carboxylic acids is 1. The highest BCUT2D eigenvalue weighted by Gasteiger charge is 2.19. The number of carbonyl (C=O) groups is 1. The molecule has 1 aliphatic rings. The Bertz CT molecular complexity index is 201. The molecule has 1 heterocycles. The summed E-state index contributed by atoms with van der Waals surface area (Å²) >= 11 is 5.17. The van der Waals surface area contributed by atoms with Crippen molar-refractivity contribution in [3.8, 4) is 0 Å². The van der Waals surface area contributed by atoms with Gasteiger partial charge in [0.25, 0.3) is 0 Å². The lowest BCUT2D eigenvalue weighted by Crippen LogP contribution is -2.35. The third-order valence-electron chi connectivity index (χ3n) is 2.15. The molecule has 12 heavy (non-hydrogen) atoms. The number of hydrogen-bond acceptors (Lipinski definition) is 2. The van der Waals surface area contributed by atoms with Crippen LogP contribution in [-0.2, 0) is 4.79 Å². The molecule has 1 fully saturated rings. The number of hydrogen-bond donors (Lipinski definition) is 0. The summed E-state index contributed by atoms with van der Waals surface area (Å²) in [4.78, 5) is 14.1. The summed E-state index contributed by atoms with van der Waals surface area (Å²) in [6.07, 6.45) is 2.13. The lowest BCUT2D eigenvalue weighted by molar-refractivity contribution is -0.117. The first kappa shape index (κ1) is 9.65. The Kier molecular flexibility index (Phi) is 3.20. The predicted molar refractivity (Wildman–Crippen MR) is 53.3 cm³/mol. The molecule has 0 N–H and O–H groups in total. The molecule has 1 aliphatic heterocycles. The van der Waals surface area contributed by atoms with Crippen LogP contribution >= 0.6 is 12.2 Å². The molecule has 0 aromatic rings. The summed E-state index contributed by atoms with van der Waals surface area (Å²) in [5.74, 6) is 0.295. The fraction of sp³-hybridized carbons (Fsp3) is 0.778. The SMILES string of the molecule is CC(C)N1CCCC(=O)CC1=S. The van der Waals surface area contributed by atoms with Gasteiger partial charge in [0.05, 0.1) is 11.4 Å². The van der Waals surface area contributed by atoms with Gasteiger partial charge in [-0.2, -0.15) is 0 Å². The van der Waals surface area contributed by atoms with E-state index in [4.69, 9.17) is 12.2 Å². The number of nitrogens with zero attached hydrogens (tertiary/aromatic N) is 1. The molecule has 0 saturated carbocycles. The van der Waals surface area contributed by atoms with Gasteiger partial charge in [-0.1, -0.05) is 12.2 Å². The van der Waals surface area contributed by atoms with Crippen LogP contribution in [0.15, 0.2) is 0 Å². The number of Topliss-reactive ketones (excluding diaryl/α,β-unsaturated/α-hetero) is 1. The Balaban J connectivity index is 2.64. The van der Waals surface area contributed by atoms with Crippen molar-refractivity contribution in [1.29, 1.82) is 0 Å². The van der Waals surface area contributed by atoms with Crippen molar-refractivity contribution in [2.45, 2.75) is 39.2 Å². The number of thiocarbonyl (C=S) groups is 1. The highest BCUT2D eigenvalue weighted by atomic mass is 32.1. The summed E-state index contributed by atoms with van der Waals surface area (Å²) in [6.45, 7) is 5.17. The summed E-state index contributed by atoms with van der Waals surface area (Å²) in [7, 11) is 0. The Morgan fingerprint density at radius 2 is 2.17 bits per heavy atom. The summed E-state index contributed by atoms with van der Waals surface area (Å²) < 4.78 is 0. The molecule has 0 aliphatic carbocycles. The third-order valence-corrected chi connectivity index (χ3v) is 2.53. The van der Waals surface area contributed by atoms with E-state index in [9.17, 15) is 4.79 Å². The molecule has 1 rings (SSSR count). The van der Waals surface area contributed by atoms with Gasteiger partial charge >= 0.3 is 0 Å². The van der Waals surface area contributed by atoms with Gasteiger partial charge < -0.3 is 4.90 Å². The minimum atomic E-state index is 0.295. The standard InChI is InChI=1S/C9H15NOS/c1-7(2)10-5-3-4-8(11)6-9(10)12/h7H,3-6H2,1-2H3. The van der Waals surface area contributed by atoms with Crippen molar-refractivity contribution in [1.82, 2.24) is 4.90 Å². The first-order valence-electron chi connectivity index (χ1n) is 4.42. The van der Waals surface area contributed by atoms with Crippen LogP contribution in [0.1, 0.15) is 33.1 Å². The first-order valence-corrected chi connectivity index (χ1v) is 4.83. The smallest absolute Gasteiger partial charge is 0.139 e. The molecule has 3 heteroatoms. The molecule has 0 atom stereocenters. The number of ketones is 1. The van der Waals surface area contributed by atoms with Gasteiger partial charge in [-0.25, -0.2) is 0 Å². The second kappa shape index (κ2) is 3.99. The van der Waals surface area contributed by atoms with Gasteiger partial charge in [0, 0.05) is 19.0 Å². The maximum Gasteiger partial charge on any atom is 0.139 e. The molecular formula is C9H15NOS. The highest BCUT2D eigenvalue weighted by molar-refractivity contribution is 7.80. The molecule has 1 saturated heterocycles. The van der Waals surface area contributed by atoms with E-state index in [1.54, 1.807) is 0 Å². The zero-order valence-electron chi connectivity index (χ0n) is 7.67. The minimum absolute atomic E-state index is 0.295.